The van der Waals surface area contributed by atoms with Gasteiger partial charge < -0.3 is 24.8 Å². The molecule has 0 saturated heterocycles. The fourth-order valence-electron chi connectivity index (χ4n) is 7.66. The molecule has 4 heteroatoms. The molecule has 0 N–H and O–H groups in total. The molecule has 0 aliphatic heterocycles. The van der Waals surface area contributed by atoms with E-state index >= 15 is 0 Å². The van der Waals surface area contributed by atoms with Crippen LogP contribution in [0.25, 0.3) is 22.3 Å². The average Bonchev–Trinajstić information content (AvgIpc) is 3.97. The van der Waals surface area contributed by atoms with Crippen LogP contribution in [0.2, 0.25) is 0 Å². The van der Waals surface area contributed by atoms with E-state index in [-0.39, 0.29) is 77.2 Å². The summed E-state index contributed by atoms with van der Waals surface area (Å²) in [6.45, 7) is 0. The Hall–Kier alpha value is -2.33. The summed E-state index contributed by atoms with van der Waals surface area (Å²) in [5, 5.41) is 0. The Morgan fingerprint density at radius 1 is 0.480 bits per heavy atom. The van der Waals surface area contributed by atoms with E-state index in [0.29, 0.717) is 23.7 Å². The van der Waals surface area contributed by atoms with Crippen molar-refractivity contribution in [2.45, 2.75) is 50.4 Å². The smallest absolute Gasteiger partial charge is 1.00 e. The second kappa shape index (κ2) is 21.3. The second-order valence-corrected chi connectivity index (χ2v) is 12.5. The summed E-state index contributed by atoms with van der Waals surface area (Å²) in [6.07, 6.45) is 34.5. The molecular formula is C46H40Cl2Zr2-2. The van der Waals surface area contributed by atoms with Crippen molar-refractivity contribution in [3.63, 3.8) is 0 Å². The van der Waals surface area contributed by atoms with Gasteiger partial charge in [0.05, 0.1) is 0 Å². The van der Waals surface area contributed by atoms with E-state index < -0.39 is 0 Å². The molecule has 0 aromatic heterocycles. The molecule has 0 saturated carbocycles. The number of rotatable bonds is 2. The summed E-state index contributed by atoms with van der Waals surface area (Å²) in [7, 11) is 0. The van der Waals surface area contributed by atoms with Crippen molar-refractivity contribution in [1.82, 2.24) is 0 Å². The first-order valence-corrected chi connectivity index (χ1v) is 16.9. The Labute approximate surface area is 350 Å². The molecule has 10 rings (SSSR count). The Morgan fingerprint density at radius 3 is 1.24 bits per heavy atom. The summed E-state index contributed by atoms with van der Waals surface area (Å²) in [5.74, 6) is 2.37. The molecule has 0 nitrogen and oxygen atoms in total. The molecule has 0 heterocycles. The van der Waals surface area contributed by atoms with Gasteiger partial charge in [-0.1, -0.05) is 84.0 Å². The van der Waals surface area contributed by atoms with Crippen LogP contribution < -0.4 is 24.8 Å². The standard InChI is InChI=1S/2C18H15.2C5H5.2ClH.2Zr/c2*1-2-8-13(7-1)18-16-11-5-3-9-14(16)15-10-4-6-12-17(15)18;2*1-2-4-5-3-1;;;;/h2*1,3-7,9-11,13,18H,2,8H2;2*1-3H,4H2;2*1H;;/q4*-1;;;2*+2/p-2. The number of fused-ring (bicyclic) bond motifs is 6. The van der Waals surface area contributed by atoms with Crippen LogP contribution in [0, 0.1) is 36.1 Å². The van der Waals surface area contributed by atoms with Gasteiger partial charge in [-0.25, -0.2) is 24.3 Å². The van der Waals surface area contributed by atoms with Gasteiger partial charge in [-0.3, -0.25) is 12.2 Å². The fraction of sp³-hybridized carbons (Fsp3) is 0.217. The summed E-state index contributed by atoms with van der Waals surface area (Å²) in [6, 6.07) is 37.5. The summed E-state index contributed by atoms with van der Waals surface area (Å²) < 4.78 is 0. The Bertz CT molecular complexity index is 1600. The first-order valence-electron chi connectivity index (χ1n) is 16.9. The van der Waals surface area contributed by atoms with Crippen molar-refractivity contribution in [2.24, 2.45) is 11.8 Å². The zero-order chi connectivity index (χ0) is 31.0. The first kappa shape index (κ1) is 42.1. The molecule has 50 heavy (non-hydrogen) atoms. The topological polar surface area (TPSA) is 0 Å². The molecule has 4 aromatic rings. The van der Waals surface area contributed by atoms with Crippen LogP contribution in [-0.2, 0) is 52.4 Å². The van der Waals surface area contributed by atoms with Crippen LogP contribution in [0.3, 0.4) is 0 Å². The van der Waals surface area contributed by atoms with E-state index in [2.05, 4.69) is 146 Å². The van der Waals surface area contributed by atoms with Crippen molar-refractivity contribution in [3.05, 3.63) is 192 Å². The van der Waals surface area contributed by atoms with Gasteiger partial charge in [0, 0.05) is 0 Å². The minimum Gasteiger partial charge on any atom is -1.00 e. The van der Waals surface area contributed by atoms with Crippen LogP contribution in [0.1, 0.15) is 72.6 Å². The number of allylic oxidation sites excluding steroid dienone is 12. The minimum atomic E-state index is 0. The molecule has 0 spiro atoms. The van der Waals surface area contributed by atoms with E-state index in [1.807, 2.05) is 24.3 Å². The molecule has 0 radical (unpaired) electrons. The van der Waals surface area contributed by atoms with E-state index in [1.165, 1.54) is 70.2 Å². The third kappa shape index (κ3) is 9.55. The SMILES string of the molecule is [C-]1=CC=CC1.[C-]1=CC=CC1.[Cl-].[Cl-].[Zr+2].[Zr+2].[c-]1cccc2c1C(C1C=CCC1)c1ccccc1-2.[c-]1cccc2c1C(C1C=CCC1)c1ccccc1-2. The monoisotopic (exact) mass is 842 g/mol. The molecular weight excluding hydrogens is 806 g/mol. The maximum atomic E-state index is 3.49. The van der Waals surface area contributed by atoms with Gasteiger partial charge >= 0.3 is 52.4 Å². The molecule has 4 atom stereocenters. The zero-order valence-electron chi connectivity index (χ0n) is 28.2. The van der Waals surface area contributed by atoms with Crippen molar-refractivity contribution in [2.75, 3.05) is 0 Å². The first-order chi connectivity index (χ1) is 22.9. The third-order valence-corrected chi connectivity index (χ3v) is 9.70. The van der Waals surface area contributed by atoms with Crippen LogP contribution in [0.4, 0.5) is 0 Å². The van der Waals surface area contributed by atoms with Crippen molar-refractivity contribution >= 4 is 0 Å². The zero-order valence-corrected chi connectivity index (χ0v) is 34.6. The van der Waals surface area contributed by atoms with E-state index in [9.17, 15) is 0 Å². The van der Waals surface area contributed by atoms with E-state index in [0.717, 1.165) is 12.8 Å². The van der Waals surface area contributed by atoms with Crippen molar-refractivity contribution in [1.29, 1.82) is 0 Å². The third-order valence-electron chi connectivity index (χ3n) is 9.70. The number of benzene rings is 4. The van der Waals surface area contributed by atoms with E-state index in [4.69, 9.17) is 0 Å². The molecule has 0 bridgehead atoms. The molecule has 0 fully saturated rings. The Balaban J connectivity index is 0.000000200. The largest absolute Gasteiger partial charge is 2.00 e. The molecule has 4 unspecified atom stereocenters. The van der Waals surface area contributed by atoms with Crippen LogP contribution in [0.15, 0.2) is 146 Å². The quantitative estimate of drug-likeness (QED) is 0.179. The van der Waals surface area contributed by atoms with Gasteiger partial charge in [-0.05, 0) is 60.5 Å². The molecule has 4 aromatic carbocycles. The fourth-order valence-corrected chi connectivity index (χ4v) is 7.66. The Morgan fingerprint density at radius 2 is 0.900 bits per heavy atom. The van der Waals surface area contributed by atoms with Gasteiger partial charge in [0.25, 0.3) is 0 Å². The van der Waals surface area contributed by atoms with Crippen LogP contribution in [-0.4, -0.2) is 0 Å². The minimum absolute atomic E-state index is 0. The summed E-state index contributed by atoms with van der Waals surface area (Å²) in [5.41, 5.74) is 11.4. The normalized spacial score (nSPS) is 20.8. The van der Waals surface area contributed by atoms with Crippen LogP contribution >= 0.6 is 0 Å². The van der Waals surface area contributed by atoms with Crippen molar-refractivity contribution in [3.8, 4) is 22.3 Å². The number of hydrogen-bond acceptors (Lipinski definition) is 0. The second-order valence-electron chi connectivity index (χ2n) is 12.5. The number of halogens is 2. The molecule has 6 aliphatic carbocycles. The summed E-state index contributed by atoms with van der Waals surface area (Å²) >= 11 is 0. The van der Waals surface area contributed by atoms with Gasteiger partial charge in [0.2, 0.25) is 0 Å². The van der Waals surface area contributed by atoms with Crippen LogP contribution in [0.5, 0.6) is 0 Å². The van der Waals surface area contributed by atoms with Gasteiger partial charge in [0.15, 0.2) is 0 Å². The predicted octanol–water partition coefficient (Wildman–Crippen LogP) is 5.74. The van der Waals surface area contributed by atoms with E-state index in [1.54, 1.807) is 0 Å². The molecule has 6 aliphatic rings. The molecule has 0 amide bonds. The van der Waals surface area contributed by atoms with Gasteiger partial charge in [-0.15, -0.1) is 35.1 Å². The van der Waals surface area contributed by atoms with Crippen molar-refractivity contribution < 1.29 is 77.2 Å². The molecule has 248 valence electrons. The van der Waals surface area contributed by atoms with Gasteiger partial charge in [-0.2, -0.15) is 60.7 Å². The average molecular weight is 846 g/mol. The Kier molecular flexibility index (Phi) is 17.9. The number of hydrogen-bond donors (Lipinski definition) is 0. The summed E-state index contributed by atoms with van der Waals surface area (Å²) in [4.78, 5) is 0. The van der Waals surface area contributed by atoms with Gasteiger partial charge in [0.1, 0.15) is 0 Å². The maximum absolute atomic E-state index is 3.49. The predicted molar refractivity (Wildman–Crippen MR) is 192 cm³/mol. The maximum Gasteiger partial charge on any atom is 2.00 e.